The number of hydrogen-bond acceptors (Lipinski definition) is 4. The first kappa shape index (κ1) is 18.0. The summed E-state index contributed by atoms with van der Waals surface area (Å²) >= 11 is 0. The zero-order chi connectivity index (χ0) is 18.2. The molecule has 0 unspecified atom stereocenters. The van der Waals surface area contributed by atoms with Gasteiger partial charge in [0, 0.05) is 11.6 Å². The molecule has 2 rings (SSSR count). The number of hydrazine groups is 1. The molecular formula is C18H19N3O4. The summed E-state index contributed by atoms with van der Waals surface area (Å²) in [6.07, 6.45) is 0. The van der Waals surface area contributed by atoms with Gasteiger partial charge in [0.25, 0.3) is 5.91 Å². The van der Waals surface area contributed by atoms with Crippen molar-refractivity contribution in [2.75, 3.05) is 0 Å². The molecule has 25 heavy (non-hydrogen) atoms. The van der Waals surface area contributed by atoms with Crippen LogP contribution in [-0.2, 0) is 9.59 Å². The molecule has 2 aromatic carbocycles. The van der Waals surface area contributed by atoms with Crippen molar-refractivity contribution in [1.82, 2.24) is 16.2 Å². The molecular weight excluding hydrogens is 322 g/mol. The van der Waals surface area contributed by atoms with Crippen LogP contribution in [0, 0.1) is 0 Å². The third-order valence-electron chi connectivity index (χ3n) is 2.99. The lowest BCUT2D eigenvalue weighted by Gasteiger charge is -2.10. The van der Waals surface area contributed by atoms with Crippen molar-refractivity contribution in [2.45, 2.75) is 19.9 Å². The number of benzene rings is 2. The molecule has 0 saturated heterocycles. The predicted molar refractivity (Wildman–Crippen MR) is 91.8 cm³/mol. The number of amides is 3. The summed E-state index contributed by atoms with van der Waals surface area (Å²) < 4.78 is 5.65. The van der Waals surface area contributed by atoms with Gasteiger partial charge in [0.2, 0.25) is 0 Å². The van der Waals surface area contributed by atoms with Gasteiger partial charge in [0.1, 0.15) is 11.5 Å². The summed E-state index contributed by atoms with van der Waals surface area (Å²) in [6.45, 7) is 3.45. The van der Waals surface area contributed by atoms with Crippen molar-refractivity contribution in [3.63, 3.8) is 0 Å². The maximum absolute atomic E-state index is 12.1. The molecule has 0 bridgehead atoms. The van der Waals surface area contributed by atoms with E-state index in [1.54, 1.807) is 44.2 Å². The van der Waals surface area contributed by atoms with Crippen molar-refractivity contribution in [2.24, 2.45) is 0 Å². The van der Waals surface area contributed by atoms with Crippen LogP contribution >= 0.6 is 0 Å². The Morgan fingerprint density at radius 2 is 1.52 bits per heavy atom. The third-order valence-corrected chi connectivity index (χ3v) is 2.99. The summed E-state index contributed by atoms with van der Waals surface area (Å²) in [7, 11) is 0. The van der Waals surface area contributed by atoms with Crippen LogP contribution in [0.4, 0.5) is 0 Å². The monoisotopic (exact) mass is 341 g/mol. The minimum absolute atomic E-state index is 0.180. The first-order chi connectivity index (χ1) is 12.0. The van der Waals surface area contributed by atoms with E-state index in [4.69, 9.17) is 4.74 Å². The Bertz CT molecular complexity index is 760. The van der Waals surface area contributed by atoms with Gasteiger partial charge in [0.15, 0.2) is 0 Å². The molecule has 0 aliphatic carbocycles. The minimum atomic E-state index is -0.946. The average molecular weight is 341 g/mol. The highest BCUT2D eigenvalue weighted by atomic mass is 16.5. The SMILES string of the molecule is CC(C)NC(=O)C(=O)NNC(=O)c1cccc(Oc2ccccc2)c1. The molecule has 2 aromatic rings. The molecule has 0 aromatic heterocycles. The molecule has 0 aliphatic heterocycles. The third kappa shape index (κ3) is 5.65. The van der Waals surface area contributed by atoms with Gasteiger partial charge in [-0.1, -0.05) is 24.3 Å². The Hall–Kier alpha value is -3.35. The molecule has 0 aliphatic rings. The number of carbonyl (C=O) groups is 3. The lowest BCUT2D eigenvalue weighted by Crippen LogP contribution is -2.49. The van der Waals surface area contributed by atoms with Crippen LogP contribution in [0.1, 0.15) is 24.2 Å². The molecule has 7 heteroatoms. The highest BCUT2D eigenvalue weighted by Crippen LogP contribution is 2.21. The quantitative estimate of drug-likeness (QED) is 0.583. The van der Waals surface area contributed by atoms with Crippen LogP contribution in [0.25, 0.3) is 0 Å². The maximum atomic E-state index is 12.1. The molecule has 130 valence electrons. The normalized spacial score (nSPS) is 10.0. The van der Waals surface area contributed by atoms with Gasteiger partial charge in [-0.25, -0.2) is 0 Å². The number of para-hydroxylation sites is 1. The second kappa shape index (κ2) is 8.49. The minimum Gasteiger partial charge on any atom is -0.457 e. The van der Waals surface area contributed by atoms with Crippen LogP contribution in [0.2, 0.25) is 0 Å². The largest absolute Gasteiger partial charge is 0.457 e. The van der Waals surface area contributed by atoms with Crippen LogP contribution in [0.5, 0.6) is 11.5 Å². The molecule has 3 N–H and O–H groups in total. The highest BCUT2D eigenvalue weighted by Gasteiger charge is 2.15. The van der Waals surface area contributed by atoms with E-state index < -0.39 is 17.7 Å². The smallest absolute Gasteiger partial charge is 0.327 e. The highest BCUT2D eigenvalue weighted by molar-refractivity contribution is 6.35. The van der Waals surface area contributed by atoms with Gasteiger partial charge in [-0.3, -0.25) is 25.2 Å². The van der Waals surface area contributed by atoms with E-state index >= 15 is 0 Å². The zero-order valence-corrected chi connectivity index (χ0v) is 13.9. The second-order valence-corrected chi connectivity index (χ2v) is 5.48. The first-order valence-electron chi connectivity index (χ1n) is 7.70. The van der Waals surface area contributed by atoms with Crippen molar-refractivity contribution in [1.29, 1.82) is 0 Å². The lowest BCUT2D eigenvalue weighted by molar-refractivity contribution is -0.139. The van der Waals surface area contributed by atoms with E-state index in [-0.39, 0.29) is 11.6 Å². The van der Waals surface area contributed by atoms with E-state index in [0.29, 0.717) is 11.5 Å². The van der Waals surface area contributed by atoms with Crippen LogP contribution in [-0.4, -0.2) is 23.8 Å². The van der Waals surface area contributed by atoms with E-state index in [1.807, 2.05) is 18.2 Å². The molecule has 3 amide bonds. The predicted octanol–water partition coefficient (Wildman–Crippen LogP) is 1.76. The Kier molecular flexibility index (Phi) is 6.11. The van der Waals surface area contributed by atoms with Crippen LogP contribution in [0.15, 0.2) is 54.6 Å². The number of rotatable bonds is 4. The summed E-state index contributed by atoms with van der Waals surface area (Å²) in [5.74, 6) is -1.22. The van der Waals surface area contributed by atoms with E-state index in [0.717, 1.165) is 0 Å². The van der Waals surface area contributed by atoms with Gasteiger partial charge in [0.05, 0.1) is 0 Å². The van der Waals surface area contributed by atoms with E-state index in [2.05, 4.69) is 16.2 Å². The molecule has 0 atom stereocenters. The number of carbonyl (C=O) groups excluding carboxylic acids is 3. The summed E-state index contributed by atoms with van der Waals surface area (Å²) in [5.41, 5.74) is 4.53. The molecule has 0 fully saturated rings. The molecule has 0 saturated carbocycles. The fraction of sp³-hybridized carbons (Fsp3) is 0.167. The molecule has 0 heterocycles. The molecule has 0 radical (unpaired) electrons. The van der Waals surface area contributed by atoms with Crippen LogP contribution in [0.3, 0.4) is 0 Å². The average Bonchev–Trinajstić information content (AvgIpc) is 2.60. The number of nitrogens with one attached hydrogen (secondary N) is 3. The topological polar surface area (TPSA) is 96.5 Å². The molecule has 0 spiro atoms. The lowest BCUT2D eigenvalue weighted by atomic mass is 10.2. The number of ether oxygens (including phenoxy) is 1. The second-order valence-electron chi connectivity index (χ2n) is 5.48. The van der Waals surface area contributed by atoms with Gasteiger partial charge in [-0.15, -0.1) is 0 Å². The zero-order valence-electron chi connectivity index (χ0n) is 13.9. The summed E-state index contributed by atoms with van der Waals surface area (Å²) in [4.78, 5) is 35.1. The maximum Gasteiger partial charge on any atom is 0.327 e. The standard InChI is InChI=1S/C18H19N3O4/c1-12(2)19-17(23)18(24)21-20-16(22)13-7-6-10-15(11-13)25-14-8-4-3-5-9-14/h3-12H,1-2H3,(H,19,23)(H,20,22)(H,21,24). The fourth-order valence-corrected chi connectivity index (χ4v) is 1.90. The van der Waals surface area contributed by atoms with Crippen molar-refractivity contribution >= 4 is 17.7 Å². The van der Waals surface area contributed by atoms with Gasteiger partial charge in [-0.05, 0) is 44.2 Å². The Morgan fingerprint density at radius 1 is 0.840 bits per heavy atom. The fourth-order valence-electron chi connectivity index (χ4n) is 1.90. The van der Waals surface area contributed by atoms with E-state index in [1.165, 1.54) is 6.07 Å². The summed E-state index contributed by atoms with van der Waals surface area (Å²) in [6, 6.07) is 15.4. The van der Waals surface area contributed by atoms with Crippen LogP contribution < -0.4 is 20.9 Å². The Morgan fingerprint density at radius 3 is 2.20 bits per heavy atom. The van der Waals surface area contributed by atoms with Gasteiger partial charge < -0.3 is 10.1 Å². The van der Waals surface area contributed by atoms with Gasteiger partial charge >= 0.3 is 11.8 Å². The van der Waals surface area contributed by atoms with Gasteiger partial charge in [-0.2, -0.15) is 0 Å². The van der Waals surface area contributed by atoms with Crippen molar-refractivity contribution in [3.8, 4) is 11.5 Å². The van der Waals surface area contributed by atoms with Crippen molar-refractivity contribution in [3.05, 3.63) is 60.2 Å². The number of hydrogen-bond donors (Lipinski definition) is 3. The molecule has 7 nitrogen and oxygen atoms in total. The van der Waals surface area contributed by atoms with Crippen molar-refractivity contribution < 1.29 is 19.1 Å². The Balaban J connectivity index is 1.94. The Labute approximate surface area is 145 Å². The summed E-state index contributed by atoms with van der Waals surface area (Å²) in [5, 5.41) is 2.42. The first-order valence-corrected chi connectivity index (χ1v) is 7.70. The van der Waals surface area contributed by atoms with E-state index in [9.17, 15) is 14.4 Å².